The summed E-state index contributed by atoms with van der Waals surface area (Å²) in [5, 5.41) is 1.01. The van der Waals surface area contributed by atoms with Crippen LogP contribution in [0.15, 0.2) is 33.2 Å². The lowest BCUT2D eigenvalue weighted by atomic mass is 10.3. The molecule has 1 aliphatic carbocycles. The van der Waals surface area contributed by atoms with Crippen LogP contribution in [0.3, 0.4) is 0 Å². The molecule has 0 N–H and O–H groups in total. The molecule has 0 spiro atoms. The molecular formula is C8H7ClS. The first kappa shape index (κ1) is 6.56. The van der Waals surface area contributed by atoms with Gasteiger partial charge in [-0.25, -0.2) is 0 Å². The predicted molar refractivity (Wildman–Crippen MR) is 47.2 cm³/mol. The van der Waals surface area contributed by atoms with Crippen molar-refractivity contribution in [2.24, 2.45) is 0 Å². The first-order valence-corrected chi connectivity index (χ1v) is 4.55. The molecule has 0 atom stereocenters. The molecule has 0 aromatic carbocycles. The minimum atomic E-state index is 0.965. The van der Waals surface area contributed by atoms with Crippen LogP contribution in [0.25, 0.3) is 0 Å². The first-order chi connectivity index (χ1) is 4.77. The van der Waals surface area contributed by atoms with Gasteiger partial charge >= 0.3 is 0 Å². The van der Waals surface area contributed by atoms with Crippen LogP contribution in [-0.2, 0) is 0 Å². The fourth-order valence-corrected chi connectivity index (χ4v) is 2.60. The van der Waals surface area contributed by atoms with Crippen LogP contribution in [-0.4, -0.2) is 5.75 Å². The van der Waals surface area contributed by atoms with Crippen molar-refractivity contribution in [3.05, 3.63) is 33.2 Å². The molecule has 2 aliphatic rings. The van der Waals surface area contributed by atoms with Gasteiger partial charge in [-0.15, -0.1) is 11.8 Å². The summed E-state index contributed by atoms with van der Waals surface area (Å²) < 4.78 is 0. The molecule has 10 heavy (non-hydrogen) atoms. The van der Waals surface area contributed by atoms with Gasteiger partial charge in [0.2, 0.25) is 0 Å². The number of hydrogen-bond donors (Lipinski definition) is 0. The van der Waals surface area contributed by atoms with Gasteiger partial charge in [-0.1, -0.05) is 11.6 Å². The van der Waals surface area contributed by atoms with E-state index in [-0.39, 0.29) is 0 Å². The Balaban J connectivity index is 2.51. The predicted octanol–water partition coefficient (Wildman–Crippen LogP) is 3.07. The van der Waals surface area contributed by atoms with Crippen molar-refractivity contribution in [3.8, 4) is 0 Å². The van der Waals surface area contributed by atoms with Crippen LogP contribution >= 0.6 is 23.4 Å². The molecule has 0 radical (unpaired) electrons. The van der Waals surface area contributed by atoms with Crippen LogP contribution in [0.1, 0.15) is 6.92 Å². The van der Waals surface area contributed by atoms with Gasteiger partial charge in [-0.05, 0) is 24.6 Å². The van der Waals surface area contributed by atoms with Crippen LogP contribution in [0.2, 0.25) is 0 Å². The summed E-state index contributed by atoms with van der Waals surface area (Å²) >= 11 is 7.78. The molecular weight excluding hydrogens is 164 g/mol. The van der Waals surface area contributed by atoms with E-state index in [4.69, 9.17) is 11.6 Å². The molecule has 0 nitrogen and oxygen atoms in total. The third-order valence-corrected chi connectivity index (χ3v) is 3.22. The average molecular weight is 171 g/mol. The second kappa shape index (κ2) is 2.18. The number of halogens is 1. The highest BCUT2D eigenvalue weighted by Gasteiger charge is 2.20. The molecule has 2 heteroatoms. The summed E-state index contributed by atoms with van der Waals surface area (Å²) in [6.07, 6.45) is 4.34. The Morgan fingerprint density at radius 3 is 3.00 bits per heavy atom. The van der Waals surface area contributed by atoms with Gasteiger partial charge in [0.1, 0.15) is 0 Å². The van der Waals surface area contributed by atoms with Gasteiger partial charge in [0, 0.05) is 21.3 Å². The molecule has 0 aromatic heterocycles. The lowest BCUT2D eigenvalue weighted by Crippen LogP contribution is -1.71. The molecule has 2 rings (SSSR count). The Labute approximate surface area is 69.6 Å². The SMILES string of the molecule is CC1=CC2=C(Cl)CSC2=C1. The largest absolute Gasteiger partial charge is 0.120 e. The van der Waals surface area contributed by atoms with Gasteiger partial charge in [0.25, 0.3) is 0 Å². The summed E-state index contributed by atoms with van der Waals surface area (Å²) in [5.74, 6) is 0.965. The number of allylic oxidation sites excluding steroid dienone is 4. The van der Waals surface area contributed by atoms with Crippen LogP contribution in [0.4, 0.5) is 0 Å². The molecule has 0 bridgehead atoms. The molecule has 0 aromatic rings. The number of rotatable bonds is 0. The maximum absolute atomic E-state index is 5.95. The molecule has 0 amide bonds. The fraction of sp³-hybridized carbons (Fsp3) is 0.250. The van der Waals surface area contributed by atoms with E-state index in [9.17, 15) is 0 Å². The third-order valence-electron chi connectivity index (χ3n) is 1.64. The van der Waals surface area contributed by atoms with Crippen molar-refractivity contribution >= 4 is 23.4 Å². The highest BCUT2D eigenvalue weighted by atomic mass is 35.5. The van der Waals surface area contributed by atoms with Crippen molar-refractivity contribution in [3.63, 3.8) is 0 Å². The van der Waals surface area contributed by atoms with E-state index in [0.717, 1.165) is 10.8 Å². The Morgan fingerprint density at radius 2 is 2.30 bits per heavy atom. The topological polar surface area (TPSA) is 0 Å². The molecule has 0 unspecified atom stereocenters. The maximum Gasteiger partial charge on any atom is 0.0367 e. The van der Waals surface area contributed by atoms with E-state index in [1.807, 2.05) is 11.8 Å². The lowest BCUT2D eigenvalue weighted by molar-refractivity contribution is 1.55. The van der Waals surface area contributed by atoms with Crippen molar-refractivity contribution < 1.29 is 0 Å². The maximum atomic E-state index is 5.95. The molecule has 1 aliphatic heterocycles. The monoisotopic (exact) mass is 170 g/mol. The Kier molecular flexibility index (Phi) is 1.43. The zero-order valence-electron chi connectivity index (χ0n) is 5.65. The van der Waals surface area contributed by atoms with Gasteiger partial charge in [-0.3, -0.25) is 0 Å². The van der Waals surface area contributed by atoms with Crippen LogP contribution < -0.4 is 0 Å². The van der Waals surface area contributed by atoms with E-state index in [2.05, 4.69) is 19.1 Å². The lowest BCUT2D eigenvalue weighted by Gasteiger charge is -1.87. The summed E-state index contributed by atoms with van der Waals surface area (Å²) in [5.41, 5.74) is 2.57. The van der Waals surface area contributed by atoms with Crippen molar-refractivity contribution in [2.45, 2.75) is 6.92 Å². The fourth-order valence-electron chi connectivity index (χ4n) is 1.18. The quantitative estimate of drug-likeness (QED) is 0.539. The Bertz CT molecular complexity index is 271. The molecule has 0 fully saturated rings. The standard InChI is InChI=1S/C8H7ClS/c1-5-2-6-7(9)4-10-8(6)3-5/h2-3H,4H2,1H3. The highest BCUT2D eigenvalue weighted by Crippen LogP contribution is 2.42. The van der Waals surface area contributed by atoms with Crippen molar-refractivity contribution in [2.75, 3.05) is 5.75 Å². The third kappa shape index (κ3) is 0.850. The number of hydrogen-bond acceptors (Lipinski definition) is 1. The van der Waals surface area contributed by atoms with Gasteiger partial charge in [0.15, 0.2) is 0 Å². The summed E-state index contributed by atoms with van der Waals surface area (Å²) in [4.78, 5) is 1.35. The average Bonchev–Trinajstić information content (AvgIpc) is 2.35. The second-order valence-corrected chi connectivity index (χ2v) is 3.98. The van der Waals surface area contributed by atoms with Crippen molar-refractivity contribution in [1.29, 1.82) is 0 Å². The summed E-state index contributed by atoms with van der Waals surface area (Å²) in [6, 6.07) is 0. The number of fused-ring (bicyclic) bond motifs is 1. The first-order valence-electron chi connectivity index (χ1n) is 3.19. The smallest absolute Gasteiger partial charge is 0.0367 e. The summed E-state index contributed by atoms with van der Waals surface area (Å²) in [6.45, 7) is 2.10. The molecule has 0 saturated heterocycles. The van der Waals surface area contributed by atoms with Gasteiger partial charge < -0.3 is 0 Å². The van der Waals surface area contributed by atoms with E-state index < -0.39 is 0 Å². The molecule has 1 heterocycles. The van der Waals surface area contributed by atoms with Crippen molar-refractivity contribution in [1.82, 2.24) is 0 Å². The van der Waals surface area contributed by atoms with Gasteiger partial charge in [0.05, 0.1) is 0 Å². The van der Waals surface area contributed by atoms with E-state index in [1.165, 1.54) is 16.1 Å². The van der Waals surface area contributed by atoms with E-state index in [1.54, 1.807) is 0 Å². The minimum absolute atomic E-state index is 0.965. The Hall–Kier alpha value is -0.140. The highest BCUT2D eigenvalue weighted by molar-refractivity contribution is 8.03. The normalized spacial score (nSPS) is 23.0. The second-order valence-electron chi connectivity index (χ2n) is 2.50. The molecule has 0 saturated carbocycles. The minimum Gasteiger partial charge on any atom is -0.120 e. The van der Waals surface area contributed by atoms with E-state index >= 15 is 0 Å². The van der Waals surface area contributed by atoms with Gasteiger partial charge in [-0.2, -0.15) is 0 Å². The summed E-state index contributed by atoms with van der Waals surface area (Å²) in [7, 11) is 0. The molecule has 52 valence electrons. The van der Waals surface area contributed by atoms with Crippen LogP contribution in [0.5, 0.6) is 0 Å². The van der Waals surface area contributed by atoms with Crippen LogP contribution in [0, 0.1) is 0 Å². The Morgan fingerprint density at radius 1 is 1.50 bits per heavy atom. The van der Waals surface area contributed by atoms with E-state index in [0.29, 0.717) is 0 Å². The zero-order chi connectivity index (χ0) is 7.14. The number of thioether (sulfide) groups is 1. The zero-order valence-corrected chi connectivity index (χ0v) is 7.22.